The van der Waals surface area contributed by atoms with E-state index < -0.39 is 17.7 Å². The van der Waals surface area contributed by atoms with Crippen LogP contribution in [0.1, 0.15) is 33.6 Å². The fourth-order valence-electron chi connectivity index (χ4n) is 2.46. The number of amides is 1. The van der Waals surface area contributed by atoms with Gasteiger partial charge in [-0.1, -0.05) is 0 Å². The summed E-state index contributed by atoms with van der Waals surface area (Å²) < 4.78 is 10.7. The van der Waals surface area contributed by atoms with Crippen molar-refractivity contribution in [1.29, 1.82) is 0 Å². The number of carbonyl (C=O) groups excluding carboxylic acids is 1. The standard InChI is InChI=1S/C12H19NO5/c1-12(2,3)18-11(16)13-5-4-8-7(13)6-9(17-8)10(14)15/h7-9H,4-6H2,1-3H3,(H,14,15)/t7-,8-,9+/m1/s1. The van der Waals surface area contributed by atoms with Crippen LogP contribution in [0, 0.1) is 0 Å². The van der Waals surface area contributed by atoms with Gasteiger partial charge in [0.15, 0.2) is 6.10 Å². The number of likely N-dealkylation sites (tertiary alicyclic amines) is 1. The summed E-state index contributed by atoms with van der Waals surface area (Å²) in [7, 11) is 0. The predicted molar refractivity (Wildman–Crippen MR) is 62.3 cm³/mol. The Morgan fingerprint density at radius 1 is 1.39 bits per heavy atom. The van der Waals surface area contributed by atoms with Crippen LogP contribution in [0.4, 0.5) is 4.79 Å². The largest absolute Gasteiger partial charge is 0.479 e. The monoisotopic (exact) mass is 257 g/mol. The van der Waals surface area contributed by atoms with E-state index in [4.69, 9.17) is 14.6 Å². The maximum Gasteiger partial charge on any atom is 0.410 e. The average Bonchev–Trinajstić information content (AvgIpc) is 2.71. The molecule has 0 aromatic carbocycles. The van der Waals surface area contributed by atoms with Crippen LogP contribution in [-0.2, 0) is 14.3 Å². The summed E-state index contributed by atoms with van der Waals surface area (Å²) in [6.07, 6.45) is -0.332. The average molecular weight is 257 g/mol. The number of hydrogen-bond donors (Lipinski definition) is 1. The first-order valence-electron chi connectivity index (χ1n) is 6.16. The predicted octanol–water partition coefficient (Wildman–Crippen LogP) is 1.24. The molecule has 0 bridgehead atoms. The van der Waals surface area contributed by atoms with Crippen molar-refractivity contribution in [3.8, 4) is 0 Å². The van der Waals surface area contributed by atoms with Crippen molar-refractivity contribution in [2.45, 2.75) is 57.5 Å². The summed E-state index contributed by atoms with van der Waals surface area (Å²) >= 11 is 0. The van der Waals surface area contributed by atoms with Gasteiger partial charge < -0.3 is 19.5 Å². The number of aliphatic carboxylic acids is 1. The number of fused-ring (bicyclic) bond motifs is 1. The van der Waals surface area contributed by atoms with Crippen LogP contribution >= 0.6 is 0 Å². The Kier molecular flexibility index (Phi) is 3.23. The molecule has 2 fully saturated rings. The molecule has 0 aromatic rings. The lowest BCUT2D eigenvalue weighted by Gasteiger charge is -2.27. The maximum atomic E-state index is 12.0. The third-order valence-electron chi connectivity index (χ3n) is 3.18. The van der Waals surface area contributed by atoms with E-state index in [1.807, 2.05) is 20.8 Å². The highest BCUT2D eigenvalue weighted by Gasteiger charge is 2.48. The summed E-state index contributed by atoms with van der Waals surface area (Å²) in [5.41, 5.74) is -0.541. The third-order valence-corrected chi connectivity index (χ3v) is 3.18. The summed E-state index contributed by atoms with van der Waals surface area (Å²) in [5, 5.41) is 8.92. The molecule has 6 nitrogen and oxygen atoms in total. The van der Waals surface area contributed by atoms with Gasteiger partial charge in [-0.2, -0.15) is 0 Å². The SMILES string of the molecule is CC(C)(C)OC(=O)N1CC[C@H]2O[C@H](C(=O)O)C[C@H]21. The highest BCUT2D eigenvalue weighted by atomic mass is 16.6. The van der Waals surface area contributed by atoms with Crippen molar-refractivity contribution in [1.82, 2.24) is 4.90 Å². The molecule has 0 spiro atoms. The topological polar surface area (TPSA) is 76.1 Å². The van der Waals surface area contributed by atoms with E-state index in [9.17, 15) is 9.59 Å². The molecule has 0 aromatic heterocycles. The van der Waals surface area contributed by atoms with Gasteiger partial charge in [0, 0.05) is 13.0 Å². The minimum Gasteiger partial charge on any atom is -0.479 e. The smallest absolute Gasteiger partial charge is 0.410 e. The molecular formula is C12H19NO5. The molecule has 0 saturated carbocycles. The summed E-state index contributed by atoms with van der Waals surface area (Å²) in [6.45, 7) is 5.99. The molecule has 2 rings (SSSR count). The lowest BCUT2D eigenvalue weighted by molar-refractivity contribution is -0.149. The van der Waals surface area contributed by atoms with Crippen molar-refractivity contribution in [2.24, 2.45) is 0 Å². The second-order valence-corrected chi connectivity index (χ2v) is 5.77. The fraction of sp³-hybridized carbons (Fsp3) is 0.833. The van der Waals surface area contributed by atoms with Gasteiger partial charge in [0.25, 0.3) is 0 Å². The minimum atomic E-state index is -0.964. The Bertz CT molecular complexity index is 362. The first-order valence-corrected chi connectivity index (χ1v) is 6.16. The Hall–Kier alpha value is -1.30. The van der Waals surface area contributed by atoms with Crippen LogP contribution in [0.15, 0.2) is 0 Å². The molecule has 18 heavy (non-hydrogen) atoms. The molecule has 2 aliphatic heterocycles. The van der Waals surface area contributed by atoms with Crippen LogP contribution in [0.2, 0.25) is 0 Å². The number of rotatable bonds is 1. The molecule has 2 aliphatic rings. The number of ether oxygens (including phenoxy) is 2. The summed E-state index contributed by atoms with van der Waals surface area (Å²) in [5.74, 6) is -0.964. The Morgan fingerprint density at radius 3 is 2.61 bits per heavy atom. The molecule has 0 aliphatic carbocycles. The first kappa shape index (κ1) is 13.1. The highest BCUT2D eigenvalue weighted by Crippen LogP contribution is 2.33. The van der Waals surface area contributed by atoms with Gasteiger partial charge in [-0.25, -0.2) is 9.59 Å². The zero-order valence-corrected chi connectivity index (χ0v) is 10.9. The van der Waals surface area contributed by atoms with Gasteiger partial charge in [-0.05, 0) is 27.2 Å². The van der Waals surface area contributed by atoms with E-state index >= 15 is 0 Å². The maximum absolute atomic E-state index is 12.0. The van der Waals surface area contributed by atoms with Crippen LogP contribution in [0.5, 0.6) is 0 Å². The van der Waals surface area contributed by atoms with Crippen LogP contribution < -0.4 is 0 Å². The zero-order chi connectivity index (χ0) is 13.5. The van der Waals surface area contributed by atoms with E-state index in [2.05, 4.69) is 0 Å². The van der Waals surface area contributed by atoms with E-state index in [1.165, 1.54) is 0 Å². The van der Waals surface area contributed by atoms with E-state index in [0.717, 1.165) is 0 Å². The number of carboxylic acid groups (broad SMARTS) is 1. The molecule has 102 valence electrons. The Balaban J connectivity index is 2.00. The van der Waals surface area contributed by atoms with Gasteiger partial charge in [0.1, 0.15) is 5.60 Å². The van der Waals surface area contributed by atoms with E-state index in [-0.39, 0.29) is 18.2 Å². The Labute approximate surface area is 106 Å². The normalized spacial score (nSPS) is 31.3. The molecule has 0 radical (unpaired) electrons. The van der Waals surface area contributed by atoms with Crippen molar-refractivity contribution in [3.05, 3.63) is 0 Å². The Morgan fingerprint density at radius 2 is 2.06 bits per heavy atom. The molecule has 2 saturated heterocycles. The third kappa shape index (κ3) is 2.58. The van der Waals surface area contributed by atoms with Gasteiger partial charge >= 0.3 is 12.1 Å². The van der Waals surface area contributed by atoms with E-state index in [1.54, 1.807) is 4.90 Å². The number of carboxylic acids is 1. The second-order valence-electron chi connectivity index (χ2n) is 5.77. The molecule has 0 unspecified atom stereocenters. The van der Waals surface area contributed by atoms with Crippen molar-refractivity contribution >= 4 is 12.1 Å². The van der Waals surface area contributed by atoms with Crippen molar-refractivity contribution < 1.29 is 24.2 Å². The van der Waals surface area contributed by atoms with Crippen LogP contribution in [0.25, 0.3) is 0 Å². The van der Waals surface area contributed by atoms with Crippen LogP contribution in [0.3, 0.4) is 0 Å². The van der Waals surface area contributed by atoms with Crippen LogP contribution in [-0.4, -0.2) is 52.5 Å². The molecule has 1 N–H and O–H groups in total. The molecule has 3 atom stereocenters. The van der Waals surface area contributed by atoms with Crippen molar-refractivity contribution in [2.75, 3.05) is 6.54 Å². The molecular weight excluding hydrogens is 238 g/mol. The van der Waals surface area contributed by atoms with Gasteiger partial charge in [-0.3, -0.25) is 0 Å². The number of carbonyl (C=O) groups is 2. The number of hydrogen-bond acceptors (Lipinski definition) is 4. The van der Waals surface area contributed by atoms with E-state index in [0.29, 0.717) is 19.4 Å². The second kappa shape index (κ2) is 4.42. The minimum absolute atomic E-state index is 0.166. The van der Waals surface area contributed by atoms with Crippen molar-refractivity contribution in [3.63, 3.8) is 0 Å². The molecule has 2 heterocycles. The quantitative estimate of drug-likeness (QED) is 0.764. The molecule has 1 amide bonds. The number of nitrogens with zero attached hydrogens (tertiary/aromatic N) is 1. The first-order chi connectivity index (χ1) is 8.28. The summed E-state index contributed by atoms with van der Waals surface area (Å²) in [6, 6.07) is -0.166. The fourth-order valence-corrected chi connectivity index (χ4v) is 2.46. The van der Waals surface area contributed by atoms with Gasteiger partial charge in [0.2, 0.25) is 0 Å². The lowest BCUT2D eigenvalue weighted by atomic mass is 10.1. The zero-order valence-electron chi connectivity index (χ0n) is 10.9. The van der Waals surface area contributed by atoms with Gasteiger partial charge in [-0.15, -0.1) is 0 Å². The van der Waals surface area contributed by atoms with Gasteiger partial charge in [0.05, 0.1) is 12.1 Å². The lowest BCUT2D eigenvalue weighted by Crippen LogP contribution is -2.41. The highest BCUT2D eigenvalue weighted by molar-refractivity contribution is 5.74. The summed E-state index contributed by atoms with van der Waals surface area (Å²) in [4.78, 5) is 24.5. The molecule has 6 heteroatoms.